The van der Waals surface area contributed by atoms with Crippen LogP contribution in [0.5, 0.6) is 0 Å². The Balaban J connectivity index is 2.02. The van der Waals surface area contributed by atoms with Crippen molar-refractivity contribution in [2.75, 3.05) is 20.6 Å². The van der Waals surface area contributed by atoms with Gasteiger partial charge in [-0.15, -0.1) is 0 Å². The first-order chi connectivity index (χ1) is 5.59. The van der Waals surface area contributed by atoms with Gasteiger partial charge in [0.2, 0.25) is 0 Å². The van der Waals surface area contributed by atoms with Gasteiger partial charge in [0, 0.05) is 0 Å². The molecule has 0 aliphatic heterocycles. The molecule has 1 rings (SSSR count). The Morgan fingerprint density at radius 2 is 1.83 bits per heavy atom. The molecule has 1 fully saturated rings. The van der Waals surface area contributed by atoms with Gasteiger partial charge in [0.15, 0.2) is 0 Å². The third-order valence-electron chi connectivity index (χ3n) is 3.20. The minimum absolute atomic E-state index is 0.917. The number of nitrogens with zero attached hydrogens (tertiary/aromatic N) is 1. The van der Waals surface area contributed by atoms with Gasteiger partial charge >= 0.3 is 0 Å². The van der Waals surface area contributed by atoms with E-state index in [-0.39, 0.29) is 0 Å². The molecular weight excluding hydrogens is 146 g/mol. The second-order valence-corrected chi connectivity index (χ2v) is 4.93. The molecular formula is C11H23N. The van der Waals surface area contributed by atoms with Gasteiger partial charge in [-0.05, 0) is 57.7 Å². The number of rotatable bonds is 4. The molecule has 0 atom stereocenters. The largest absolute Gasteiger partial charge is 0.309 e. The molecule has 1 aliphatic rings. The van der Waals surface area contributed by atoms with Gasteiger partial charge < -0.3 is 4.90 Å². The molecule has 0 radical (unpaired) electrons. The van der Waals surface area contributed by atoms with Crippen LogP contribution < -0.4 is 0 Å². The third kappa shape index (κ3) is 2.78. The highest BCUT2D eigenvalue weighted by Crippen LogP contribution is 2.40. The van der Waals surface area contributed by atoms with Crippen LogP contribution in [-0.2, 0) is 0 Å². The molecule has 0 aromatic rings. The van der Waals surface area contributed by atoms with Crippen molar-refractivity contribution in [2.24, 2.45) is 17.8 Å². The van der Waals surface area contributed by atoms with Gasteiger partial charge in [-0.1, -0.05) is 13.8 Å². The third-order valence-corrected chi connectivity index (χ3v) is 3.20. The maximum Gasteiger partial charge on any atom is -0.00222 e. The van der Waals surface area contributed by atoms with Gasteiger partial charge in [0.05, 0.1) is 0 Å². The molecule has 0 N–H and O–H groups in total. The van der Waals surface area contributed by atoms with Crippen LogP contribution in [0.1, 0.15) is 33.1 Å². The van der Waals surface area contributed by atoms with E-state index in [9.17, 15) is 0 Å². The van der Waals surface area contributed by atoms with E-state index in [1.807, 2.05) is 0 Å². The molecule has 0 spiro atoms. The Kier molecular flexibility index (Phi) is 3.57. The van der Waals surface area contributed by atoms with Crippen LogP contribution in [0.2, 0.25) is 0 Å². The summed E-state index contributed by atoms with van der Waals surface area (Å²) in [5.41, 5.74) is 0. The summed E-state index contributed by atoms with van der Waals surface area (Å²) in [6.45, 7) is 5.98. The molecule has 1 aliphatic carbocycles. The zero-order chi connectivity index (χ0) is 9.14. The van der Waals surface area contributed by atoms with E-state index in [2.05, 4.69) is 32.8 Å². The molecule has 0 unspecified atom stereocenters. The van der Waals surface area contributed by atoms with Crippen LogP contribution in [0.4, 0.5) is 0 Å². The summed E-state index contributed by atoms with van der Waals surface area (Å²) >= 11 is 0. The van der Waals surface area contributed by atoms with E-state index < -0.39 is 0 Å². The average molecular weight is 169 g/mol. The highest BCUT2D eigenvalue weighted by molar-refractivity contribution is 4.81. The van der Waals surface area contributed by atoms with Crippen molar-refractivity contribution in [2.45, 2.75) is 33.1 Å². The zero-order valence-electron chi connectivity index (χ0n) is 9.01. The fourth-order valence-corrected chi connectivity index (χ4v) is 2.01. The van der Waals surface area contributed by atoms with E-state index in [4.69, 9.17) is 0 Å². The molecule has 0 aromatic carbocycles. The lowest BCUT2D eigenvalue weighted by atomic mass is 9.68. The molecule has 0 amide bonds. The van der Waals surface area contributed by atoms with Crippen LogP contribution in [0, 0.1) is 17.8 Å². The molecule has 1 nitrogen and oxygen atoms in total. The van der Waals surface area contributed by atoms with Crippen molar-refractivity contribution >= 4 is 0 Å². The standard InChI is InChI=1S/C11H23N/c1-9(2)11-7-10(8-11)5-6-12(3)4/h9-11H,5-8H2,1-4H3. The van der Waals surface area contributed by atoms with Crippen LogP contribution in [0.15, 0.2) is 0 Å². The Bertz CT molecular complexity index is 120. The van der Waals surface area contributed by atoms with E-state index in [1.54, 1.807) is 0 Å². The maximum absolute atomic E-state index is 2.35. The van der Waals surface area contributed by atoms with Crippen LogP contribution >= 0.6 is 0 Å². The lowest BCUT2D eigenvalue weighted by molar-refractivity contribution is 0.125. The first-order valence-electron chi connectivity index (χ1n) is 5.24. The Labute approximate surface area is 77.1 Å². The molecule has 1 saturated carbocycles. The predicted molar refractivity (Wildman–Crippen MR) is 54.2 cm³/mol. The Hall–Kier alpha value is -0.0400. The molecule has 0 bridgehead atoms. The second-order valence-electron chi connectivity index (χ2n) is 4.93. The number of hydrogen-bond acceptors (Lipinski definition) is 1. The second kappa shape index (κ2) is 4.27. The molecule has 12 heavy (non-hydrogen) atoms. The minimum Gasteiger partial charge on any atom is -0.309 e. The topological polar surface area (TPSA) is 3.24 Å². The summed E-state index contributed by atoms with van der Waals surface area (Å²) in [6.07, 6.45) is 4.40. The zero-order valence-corrected chi connectivity index (χ0v) is 9.01. The van der Waals surface area contributed by atoms with Gasteiger partial charge in [0.25, 0.3) is 0 Å². The highest BCUT2D eigenvalue weighted by atomic mass is 15.0. The van der Waals surface area contributed by atoms with Crippen LogP contribution in [0.3, 0.4) is 0 Å². The van der Waals surface area contributed by atoms with Crippen LogP contribution in [-0.4, -0.2) is 25.5 Å². The summed E-state index contributed by atoms with van der Waals surface area (Å²) in [6, 6.07) is 0. The van der Waals surface area contributed by atoms with Crippen molar-refractivity contribution in [3.63, 3.8) is 0 Å². The quantitative estimate of drug-likeness (QED) is 0.625. The van der Waals surface area contributed by atoms with E-state index in [0.29, 0.717) is 0 Å². The van der Waals surface area contributed by atoms with Crippen LogP contribution in [0.25, 0.3) is 0 Å². The first-order valence-corrected chi connectivity index (χ1v) is 5.24. The lowest BCUT2D eigenvalue weighted by Gasteiger charge is -2.38. The average Bonchev–Trinajstić information content (AvgIpc) is 1.82. The van der Waals surface area contributed by atoms with Crippen molar-refractivity contribution < 1.29 is 0 Å². The van der Waals surface area contributed by atoms with Gasteiger partial charge in [-0.2, -0.15) is 0 Å². The predicted octanol–water partition coefficient (Wildman–Crippen LogP) is 2.62. The summed E-state index contributed by atoms with van der Waals surface area (Å²) in [4.78, 5) is 2.29. The SMILES string of the molecule is CC(C)C1CC(CCN(C)C)C1. The first kappa shape index (κ1) is 10.0. The summed E-state index contributed by atoms with van der Waals surface area (Å²) in [5, 5.41) is 0. The van der Waals surface area contributed by atoms with Crippen molar-refractivity contribution in [1.29, 1.82) is 0 Å². The summed E-state index contributed by atoms with van der Waals surface area (Å²) in [5.74, 6) is 3.00. The Morgan fingerprint density at radius 1 is 1.25 bits per heavy atom. The van der Waals surface area contributed by atoms with Crippen molar-refractivity contribution in [3.8, 4) is 0 Å². The molecule has 0 aromatic heterocycles. The summed E-state index contributed by atoms with van der Waals surface area (Å²) < 4.78 is 0. The fraction of sp³-hybridized carbons (Fsp3) is 1.00. The maximum atomic E-state index is 2.35. The van der Waals surface area contributed by atoms with E-state index in [1.165, 1.54) is 25.8 Å². The molecule has 1 heteroatoms. The van der Waals surface area contributed by atoms with Gasteiger partial charge in [0.1, 0.15) is 0 Å². The molecule has 0 saturated heterocycles. The number of hydrogen-bond donors (Lipinski definition) is 0. The lowest BCUT2D eigenvalue weighted by Crippen LogP contribution is -2.30. The van der Waals surface area contributed by atoms with E-state index in [0.717, 1.165) is 17.8 Å². The highest BCUT2D eigenvalue weighted by Gasteiger charge is 2.30. The fourth-order valence-electron chi connectivity index (χ4n) is 2.01. The Morgan fingerprint density at radius 3 is 2.25 bits per heavy atom. The summed E-state index contributed by atoms with van der Waals surface area (Å²) in [7, 11) is 4.33. The van der Waals surface area contributed by atoms with Gasteiger partial charge in [-0.25, -0.2) is 0 Å². The van der Waals surface area contributed by atoms with Crippen molar-refractivity contribution in [1.82, 2.24) is 4.90 Å². The minimum atomic E-state index is 0.917. The van der Waals surface area contributed by atoms with Crippen molar-refractivity contribution in [3.05, 3.63) is 0 Å². The molecule has 0 heterocycles. The monoisotopic (exact) mass is 169 g/mol. The van der Waals surface area contributed by atoms with Gasteiger partial charge in [-0.3, -0.25) is 0 Å². The molecule has 72 valence electrons. The smallest absolute Gasteiger partial charge is 0.00222 e. The normalized spacial score (nSPS) is 29.5. The van der Waals surface area contributed by atoms with E-state index >= 15 is 0 Å².